The SMILES string of the molecule is C=CCC1=C(OCCc2ccccc2)N=C1. The Kier molecular flexibility index (Phi) is 3.54. The molecule has 2 heteroatoms. The molecule has 0 aliphatic carbocycles. The fourth-order valence-corrected chi connectivity index (χ4v) is 1.54. The number of nitrogens with zero attached hydrogens (tertiary/aromatic N) is 1. The Morgan fingerprint density at radius 1 is 1.25 bits per heavy atom. The second kappa shape index (κ2) is 5.31. The maximum absolute atomic E-state index is 5.58. The highest BCUT2D eigenvalue weighted by atomic mass is 16.5. The maximum Gasteiger partial charge on any atom is 0.218 e. The van der Waals surface area contributed by atoms with Gasteiger partial charge in [-0.3, -0.25) is 0 Å². The highest BCUT2D eigenvalue weighted by Crippen LogP contribution is 2.18. The number of allylic oxidation sites excluding steroid dienone is 2. The Hall–Kier alpha value is -1.83. The number of rotatable bonds is 6. The molecule has 1 aromatic rings. The van der Waals surface area contributed by atoms with Crippen LogP contribution in [-0.2, 0) is 11.2 Å². The van der Waals surface area contributed by atoms with Gasteiger partial charge in [-0.25, -0.2) is 4.99 Å². The molecule has 0 amide bonds. The second-order valence-electron chi connectivity index (χ2n) is 3.67. The van der Waals surface area contributed by atoms with Gasteiger partial charge in [0, 0.05) is 18.2 Å². The molecule has 1 aliphatic heterocycles. The van der Waals surface area contributed by atoms with Gasteiger partial charge in [-0.05, 0) is 12.0 Å². The van der Waals surface area contributed by atoms with Crippen LogP contribution in [0.25, 0.3) is 0 Å². The first kappa shape index (κ1) is 10.7. The first-order valence-electron chi connectivity index (χ1n) is 5.45. The van der Waals surface area contributed by atoms with Crippen LogP contribution in [0, 0.1) is 0 Å². The van der Waals surface area contributed by atoms with E-state index in [1.165, 1.54) is 5.56 Å². The third kappa shape index (κ3) is 2.60. The Morgan fingerprint density at radius 2 is 2.06 bits per heavy atom. The van der Waals surface area contributed by atoms with Crippen LogP contribution < -0.4 is 0 Å². The number of aliphatic imine (C=N–C) groups is 1. The Morgan fingerprint density at radius 3 is 2.69 bits per heavy atom. The monoisotopic (exact) mass is 213 g/mol. The molecule has 0 saturated heterocycles. The van der Waals surface area contributed by atoms with Gasteiger partial charge in [-0.15, -0.1) is 6.58 Å². The largest absolute Gasteiger partial charge is 0.477 e. The van der Waals surface area contributed by atoms with Gasteiger partial charge in [0.1, 0.15) is 0 Å². The van der Waals surface area contributed by atoms with Crippen molar-refractivity contribution in [2.75, 3.05) is 6.61 Å². The molecular formula is C14H15NO. The van der Waals surface area contributed by atoms with Crippen LogP contribution >= 0.6 is 0 Å². The molecule has 0 N–H and O–H groups in total. The average Bonchev–Trinajstić information content (AvgIpc) is 2.31. The summed E-state index contributed by atoms with van der Waals surface area (Å²) in [4.78, 5) is 4.08. The van der Waals surface area contributed by atoms with E-state index >= 15 is 0 Å². The van der Waals surface area contributed by atoms with Crippen molar-refractivity contribution in [2.45, 2.75) is 12.8 Å². The van der Waals surface area contributed by atoms with Gasteiger partial charge in [0.25, 0.3) is 0 Å². The molecule has 82 valence electrons. The van der Waals surface area contributed by atoms with Crippen molar-refractivity contribution in [3.8, 4) is 0 Å². The smallest absolute Gasteiger partial charge is 0.218 e. The van der Waals surface area contributed by atoms with E-state index in [2.05, 4.69) is 23.7 Å². The van der Waals surface area contributed by atoms with Crippen LogP contribution in [0.1, 0.15) is 12.0 Å². The highest BCUT2D eigenvalue weighted by molar-refractivity contribution is 5.86. The molecule has 0 unspecified atom stereocenters. The van der Waals surface area contributed by atoms with Gasteiger partial charge >= 0.3 is 0 Å². The zero-order valence-corrected chi connectivity index (χ0v) is 9.23. The zero-order valence-electron chi connectivity index (χ0n) is 9.23. The predicted molar refractivity (Wildman–Crippen MR) is 66.4 cm³/mol. The quantitative estimate of drug-likeness (QED) is 0.665. The van der Waals surface area contributed by atoms with Gasteiger partial charge in [0.2, 0.25) is 5.88 Å². The predicted octanol–water partition coefficient (Wildman–Crippen LogP) is 3.12. The average molecular weight is 213 g/mol. The number of benzene rings is 1. The van der Waals surface area contributed by atoms with Crippen molar-refractivity contribution in [3.63, 3.8) is 0 Å². The van der Waals surface area contributed by atoms with E-state index in [1.54, 1.807) is 0 Å². The fraction of sp³-hybridized carbons (Fsp3) is 0.214. The summed E-state index contributed by atoms with van der Waals surface area (Å²) >= 11 is 0. The maximum atomic E-state index is 5.58. The molecule has 1 aliphatic rings. The Balaban J connectivity index is 1.77. The van der Waals surface area contributed by atoms with Gasteiger partial charge < -0.3 is 4.74 Å². The minimum Gasteiger partial charge on any atom is -0.477 e. The van der Waals surface area contributed by atoms with E-state index in [1.807, 2.05) is 30.5 Å². The molecule has 0 radical (unpaired) electrons. The second-order valence-corrected chi connectivity index (χ2v) is 3.67. The third-order valence-electron chi connectivity index (χ3n) is 2.45. The lowest BCUT2D eigenvalue weighted by Gasteiger charge is -2.14. The van der Waals surface area contributed by atoms with Crippen LogP contribution in [0.15, 0.2) is 59.4 Å². The molecule has 1 aromatic carbocycles. The number of ether oxygens (including phenoxy) is 1. The lowest BCUT2D eigenvalue weighted by atomic mass is 10.1. The zero-order chi connectivity index (χ0) is 11.2. The summed E-state index contributed by atoms with van der Waals surface area (Å²) in [6, 6.07) is 10.3. The van der Waals surface area contributed by atoms with Crippen LogP contribution in [0.5, 0.6) is 0 Å². The van der Waals surface area contributed by atoms with Crippen LogP contribution in [0.2, 0.25) is 0 Å². The van der Waals surface area contributed by atoms with E-state index < -0.39 is 0 Å². The van der Waals surface area contributed by atoms with E-state index in [-0.39, 0.29) is 0 Å². The summed E-state index contributed by atoms with van der Waals surface area (Å²) in [6.45, 7) is 4.37. The normalized spacial score (nSPS) is 13.5. The standard InChI is InChI=1S/C14H15NO/c1-2-6-13-11-15-14(13)16-10-9-12-7-4-3-5-8-12/h2-5,7-8,11H,1,6,9-10H2. The first-order valence-corrected chi connectivity index (χ1v) is 5.45. The van der Waals surface area contributed by atoms with Gasteiger partial charge in [-0.1, -0.05) is 36.4 Å². The van der Waals surface area contributed by atoms with Crippen molar-refractivity contribution in [1.82, 2.24) is 0 Å². The van der Waals surface area contributed by atoms with Crippen molar-refractivity contribution in [3.05, 3.63) is 60.0 Å². The molecule has 1 heterocycles. The molecular weight excluding hydrogens is 198 g/mol. The van der Waals surface area contributed by atoms with Crippen molar-refractivity contribution in [1.29, 1.82) is 0 Å². The summed E-state index contributed by atoms with van der Waals surface area (Å²) in [6.07, 6.45) is 5.45. The molecule has 0 fully saturated rings. The molecule has 0 saturated carbocycles. The molecule has 0 aromatic heterocycles. The van der Waals surface area contributed by atoms with Gasteiger partial charge in [0.05, 0.1) is 6.61 Å². The minimum absolute atomic E-state index is 0.678. The van der Waals surface area contributed by atoms with Gasteiger partial charge in [0.15, 0.2) is 0 Å². The van der Waals surface area contributed by atoms with Gasteiger partial charge in [-0.2, -0.15) is 0 Å². The van der Waals surface area contributed by atoms with Crippen molar-refractivity contribution in [2.24, 2.45) is 4.99 Å². The van der Waals surface area contributed by atoms with Crippen molar-refractivity contribution >= 4 is 6.21 Å². The molecule has 0 atom stereocenters. The van der Waals surface area contributed by atoms with E-state index in [0.29, 0.717) is 6.61 Å². The summed E-state index contributed by atoms with van der Waals surface area (Å²) in [5.41, 5.74) is 2.43. The van der Waals surface area contributed by atoms with Crippen LogP contribution in [0.4, 0.5) is 0 Å². The minimum atomic E-state index is 0.678. The molecule has 0 spiro atoms. The molecule has 16 heavy (non-hydrogen) atoms. The Labute approximate surface area is 96.0 Å². The summed E-state index contributed by atoms with van der Waals surface area (Å²) < 4.78 is 5.58. The molecule has 0 bridgehead atoms. The third-order valence-corrected chi connectivity index (χ3v) is 2.45. The summed E-state index contributed by atoms with van der Waals surface area (Å²) in [5, 5.41) is 0. The Bertz CT molecular complexity index is 418. The van der Waals surface area contributed by atoms with Crippen molar-refractivity contribution < 1.29 is 4.74 Å². The number of hydrogen-bond donors (Lipinski definition) is 0. The summed E-state index contributed by atoms with van der Waals surface area (Å²) in [5.74, 6) is 0.774. The van der Waals surface area contributed by atoms with Crippen LogP contribution in [-0.4, -0.2) is 12.8 Å². The topological polar surface area (TPSA) is 21.6 Å². The molecule has 2 rings (SSSR count). The highest BCUT2D eigenvalue weighted by Gasteiger charge is 2.11. The fourth-order valence-electron chi connectivity index (χ4n) is 1.54. The molecule has 2 nitrogen and oxygen atoms in total. The van der Waals surface area contributed by atoms with E-state index in [0.717, 1.165) is 24.3 Å². The lowest BCUT2D eigenvalue weighted by Crippen LogP contribution is -2.07. The first-order chi connectivity index (χ1) is 7.90. The van der Waals surface area contributed by atoms with Crippen LogP contribution in [0.3, 0.4) is 0 Å². The van der Waals surface area contributed by atoms with E-state index in [9.17, 15) is 0 Å². The van der Waals surface area contributed by atoms with E-state index in [4.69, 9.17) is 4.74 Å². The summed E-state index contributed by atoms with van der Waals surface area (Å²) in [7, 11) is 0. The lowest BCUT2D eigenvalue weighted by molar-refractivity contribution is 0.208. The number of hydrogen-bond acceptors (Lipinski definition) is 2.